The second-order valence-corrected chi connectivity index (χ2v) is 7.15. The lowest BCUT2D eigenvalue weighted by Crippen LogP contribution is -2.34. The van der Waals surface area contributed by atoms with Gasteiger partial charge in [-0.1, -0.05) is 79.2 Å². The zero-order chi connectivity index (χ0) is 21.5. The van der Waals surface area contributed by atoms with Crippen LogP contribution in [0.4, 0.5) is 0 Å². The highest BCUT2D eigenvalue weighted by atomic mass is 35.5. The highest BCUT2D eigenvalue weighted by molar-refractivity contribution is 6.31. The molecule has 1 atom stereocenters. The van der Waals surface area contributed by atoms with Crippen LogP contribution in [0.1, 0.15) is 40.0 Å². The van der Waals surface area contributed by atoms with Gasteiger partial charge in [0.2, 0.25) is 0 Å². The maximum Gasteiger partial charge on any atom is 0.274 e. The van der Waals surface area contributed by atoms with E-state index in [0.29, 0.717) is 21.7 Å². The number of amidine groups is 1. The minimum Gasteiger partial charge on any atom is -0.383 e. The molecule has 0 heterocycles. The normalized spacial score (nSPS) is 12.3. The molecule has 152 valence electrons. The standard InChI is InChI=1S/C24H22ClN3O2/c1-2-16-11-13-17(14-12-16)21(27-23(29)19-9-6-10-20(25)15-19)24(30)28-22(26)18-7-4-3-5-8-18/h3-15,21H,2H2,1H3,(H,27,29)(H2,26,28,30). The van der Waals surface area contributed by atoms with Crippen molar-refractivity contribution in [1.82, 2.24) is 5.32 Å². The molecular weight excluding hydrogens is 398 g/mol. The Balaban J connectivity index is 1.92. The van der Waals surface area contributed by atoms with Crippen molar-refractivity contribution >= 4 is 29.3 Å². The van der Waals surface area contributed by atoms with E-state index in [4.69, 9.17) is 17.3 Å². The number of hydrogen-bond donors (Lipinski definition) is 2. The Labute approximate surface area is 180 Å². The molecule has 0 radical (unpaired) electrons. The minimum atomic E-state index is -0.982. The molecule has 6 heteroatoms. The highest BCUT2D eigenvalue weighted by Crippen LogP contribution is 2.19. The maximum atomic E-state index is 13.0. The van der Waals surface area contributed by atoms with E-state index in [1.54, 1.807) is 36.4 Å². The van der Waals surface area contributed by atoms with Gasteiger partial charge >= 0.3 is 0 Å². The van der Waals surface area contributed by atoms with Crippen LogP contribution in [-0.2, 0) is 11.2 Å². The molecule has 0 aliphatic rings. The molecule has 0 saturated heterocycles. The first-order valence-corrected chi connectivity index (χ1v) is 9.94. The van der Waals surface area contributed by atoms with Gasteiger partial charge in [-0.2, -0.15) is 4.99 Å². The van der Waals surface area contributed by atoms with Crippen LogP contribution in [0, 0.1) is 0 Å². The molecule has 2 amide bonds. The third-order valence-electron chi connectivity index (χ3n) is 4.63. The molecule has 5 nitrogen and oxygen atoms in total. The zero-order valence-corrected chi connectivity index (χ0v) is 17.3. The predicted octanol–water partition coefficient (Wildman–Crippen LogP) is 4.31. The average molecular weight is 420 g/mol. The van der Waals surface area contributed by atoms with Crippen LogP contribution in [0.5, 0.6) is 0 Å². The number of aryl methyl sites for hydroxylation is 1. The van der Waals surface area contributed by atoms with Crippen LogP contribution in [0.15, 0.2) is 83.9 Å². The summed E-state index contributed by atoms with van der Waals surface area (Å²) in [5.41, 5.74) is 8.75. The Bertz CT molecular complexity index is 1060. The van der Waals surface area contributed by atoms with Crippen LogP contribution >= 0.6 is 11.6 Å². The molecule has 0 fully saturated rings. The van der Waals surface area contributed by atoms with Gasteiger partial charge in [-0.25, -0.2) is 0 Å². The monoisotopic (exact) mass is 419 g/mol. The molecule has 0 bridgehead atoms. The number of carbonyl (C=O) groups excluding carboxylic acids is 2. The predicted molar refractivity (Wildman–Crippen MR) is 120 cm³/mol. The fourth-order valence-corrected chi connectivity index (χ4v) is 3.12. The lowest BCUT2D eigenvalue weighted by Gasteiger charge is -2.17. The summed E-state index contributed by atoms with van der Waals surface area (Å²) in [4.78, 5) is 29.8. The first-order valence-electron chi connectivity index (χ1n) is 9.56. The Kier molecular flexibility index (Phi) is 6.99. The number of hydrogen-bond acceptors (Lipinski definition) is 2. The first kappa shape index (κ1) is 21.3. The summed E-state index contributed by atoms with van der Waals surface area (Å²) >= 11 is 5.99. The Morgan fingerprint density at radius 1 is 0.967 bits per heavy atom. The number of rotatable bonds is 6. The van der Waals surface area contributed by atoms with Gasteiger partial charge in [-0.3, -0.25) is 9.59 Å². The van der Waals surface area contributed by atoms with Crippen LogP contribution in [0.3, 0.4) is 0 Å². The van der Waals surface area contributed by atoms with E-state index < -0.39 is 17.9 Å². The van der Waals surface area contributed by atoms with Crippen molar-refractivity contribution in [3.63, 3.8) is 0 Å². The molecule has 0 aliphatic carbocycles. The largest absolute Gasteiger partial charge is 0.383 e. The number of carbonyl (C=O) groups is 2. The summed E-state index contributed by atoms with van der Waals surface area (Å²) in [6, 6.07) is 22.0. The number of benzene rings is 3. The smallest absolute Gasteiger partial charge is 0.274 e. The third-order valence-corrected chi connectivity index (χ3v) is 4.87. The number of halogens is 1. The van der Waals surface area contributed by atoms with E-state index in [0.717, 1.165) is 12.0 Å². The van der Waals surface area contributed by atoms with Gasteiger partial charge in [0.1, 0.15) is 11.9 Å². The summed E-state index contributed by atoms with van der Waals surface area (Å²) in [6.45, 7) is 2.05. The van der Waals surface area contributed by atoms with E-state index in [1.807, 2.05) is 49.4 Å². The quantitative estimate of drug-likeness (QED) is 0.461. The van der Waals surface area contributed by atoms with Crippen LogP contribution in [-0.4, -0.2) is 17.6 Å². The molecule has 0 aliphatic heterocycles. The topological polar surface area (TPSA) is 84.5 Å². The highest BCUT2D eigenvalue weighted by Gasteiger charge is 2.24. The van der Waals surface area contributed by atoms with E-state index >= 15 is 0 Å². The maximum absolute atomic E-state index is 13.0. The van der Waals surface area contributed by atoms with Crippen molar-refractivity contribution in [2.45, 2.75) is 19.4 Å². The van der Waals surface area contributed by atoms with Crippen molar-refractivity contribution in [2.75, 3.05) is 0 Å². The van der Waals surface area contributed by atoms with Crippen molar-refractivity contribution < 1.29 is 9.59 Å². The SMILES string of the molecule is CCc1ccc(C(NC(=O)c2cccc(Cl)c2)C(=O)N=C(N)c2ccccc2)cc1. The number of nitrogens with two attached hydrogens (primary N) is 1. The van der Waals surface area contributed by atoms with E-state index in [2.05, 4.69) is 10.3 Å². The molecule has 1 unspecified atom stereocenters. The second-order valence-electron chi connectivity index (χ2n) is 6.71. The van der Waals surface area contributed by atoms with Crippen molar-refractivity contribution in [3.05, 3.63) is 106 Å². The first-order chi connectivity index (χ1) is 14.5. The second kappa shape index (κ2) is 9.85. The lowest BCUT2D eigenvalue weighted by molar-refractivity contribution is -0.119. The molecule has 0 saturated carbocycles. The average Bonchev–Trinajstić information content (AvgIpc) is 2.78. The number of amides is 2. The van der Waals surface area contributed by atoms with Crippen LogP contribution in [0.2, 0.25) is 5.02 Å². The Morgan fingerprint density at radius 3 is 2.27 bits per heavy atom. The van der Waals surface area contributed by atoms with Crippen LogP contribution < -0.4 is 11.1 Å². The van der Waals surface area contributed by atoms with Crippen molar-refractivity contribution in [3.8, 4) is 0 Å². The van der Waals surface area contributed by atoms with Crippen molar-refractivity contribution in [2.24, 2.45) is 10.7 Å². The van der Waals surface area contributed by atoms with E-state index in [9.17, 15) is 9.59 Å². The Morgan fingerprint density at radius 2 is 1.63 bits per heavy atom. The summed E-state index contributed by atoms with van der Waals surface area (Å²) in [5.74, 6) is -0.896. The third kappa shape index (κ3) is 5.33. The molecule has 0 spiro atoms. The van der Waals surface area contributed by atoms with Crippen molar-refractivity contribution in [1.29, 1.82) is 0 Å². The van der Waals surface area contributed by atoms with Crippen LogP contribution in [0.25, 0.3) is 0 Å². The summed E-state index contributed by atoms with van der Waals surface area (Å²) in [7, 11) is 0. The fraction of sp³-hybridized carbons (Fsp3) is 0.125. The zero-order valence-electron chi connectivity index (χ0n) is 16.5. The number of nitrogens with zero attached hydrogens (tertiary/aromatic N) is 1. The molecule has 3 rings (SSSR count). The van der Waals surface area contributed by atoms with Gasteiger partial charge in [0.15, 0.2) is 0 Å². The van der Waals surface area contributed by atoms with Gasteiger partial charge < -0.3 is 11.1 Å². The molecule has 3 N–H and O–H groups in total. The molecular formula is C24H22ClN3O2. The molecule has 0 aromatic heterocycles. The van der Waals surface area contributed by atoms with Gasteiger partial charge in [-0.15, -0.1) is 0 Å². The molecule has 30 heavy (non-hydrogen) atoms. The lowest BCUT2D eigenvalue weighted by atomic mass is 10.0. The van der Waals surface area contributed by atoms with Gasteiger partial charge in [0.25, 0.3) is 11.8 Å². The summed E-state index contributed by atoms with van der Waals surface area (Å²) < 4.78 is 0. The van der Waals surface area contributed by atoms with Gasteiger partial charge in [0, 0.05) is 16.1 Å². The summed E-state index contributed by atoms with van der Waals surface area (Å²) in [5, 5.41) is 3.20. The van der Waals surface area contributed by atoms with Gasteiger partial charge in [-0.05, 0) is 35.7 Å². The molecule has 3 aromatic rings. The molecule has 3 aromatic carbocycles. The number of aliphatic imine (C=N–C) groups is 1. The minimum absolute atomic E-state index is 0.0905. The van der Waals surface area contributed by atoms with E-state index in [-0.39, 0.29) is 5.84 Å². The van der Waals surface area contributed by atoms with E-state index in [1.165, 1.54) is 0 Å². The fourth-order valence-electron chi connectivity index (χ4n) is 2.93. The van der Waals surface area contributed by atoms with Gasteiger partial charge in [0.05, 0.1) is 0 Å². The summed E-state index contributed by atoms with van der Waals surface area (Å²) in [6.07, 6.45) is 0.868. The Hall–Kier alpha value is -3.44. The number of nitrogens with one attached hydrogen (secondary N) is 1.